The van der Waals surface area contributed by atoms with Gasteiger partial charge in [-0.05, 0) is 43.0 Å². The molecule has 1 aliphatic rings. The second-order valence-corrected chi connectivity index (χ2v) is 5.36. The molecule has 0 aromatic heterocycles. The lowest BCUT2D eigenvalue weighted by Gasteiger charge is -2.32. The average molecular weight is 252 g/mol. The van der Waals surface area contributed by atoms with Crippen molar-refractivity contribution in [3.05, 3.63) is 59.2 Å². The molecule has 0 aliphatic carbocycles. The summed E-state index contributed by atoms with van der Waals surface area (Å²) in [6, 6.07) is 14.9. The van der Waals surface area contributed by atoms with E-state index in [1.807, 2.05) is 12.1 Å². The van der Waals surface area contributed by atoms with Gasteiger partial charge in [-0.1, -0.05) is 35.9 Å². The number of benzene rings is 2. The molecule has 0 atom stereocenters. The molecule has 0 unspecified atom stereocenters. The third-order valence-electron chi connectivity index (χ3n) is 3.87. The quantitative estimate of drug-likeness (QED) is 0.828. The summed E-state index contributed by atoms with van der Waals surface area (Å²) in [5.74, 6) is 0. The lowest BCUT2D eigenvalue weighted by Crippen LogP contribution is -2.29. The van der Waals surface area contributed by atoms with E-state index in [1.54, 1.807) is 0 Å². The predicted octanol–water partition coefficient (Wildman–Crippen LogP) is 3.53. The number of hydrogen-bond acceptors (Lipinski definition) is 2. The van der Waals surface area contributed by atoms with E-state index in [-0.39, 0.29) is 0 Å². The normalized spacial score (nSPS) is 14.3. The molecule has 2 N–H and O–H groups in total. The van der Waals surface area contributed by atoms with Gasteiger partial charge in [-0.25, -0.2) is 0 Å². The van der Waals surface area contributed by atoms with Crippen molar-refractivity contribution in [2.75, 3.05) is 17.2 Å². The number of nitrogens with zero attached hydrogens (tertiary/aromatic N) is 1. The summed E-state index contributed by atoms with van der Waals surface area (Å²) in [4.78, 5) is 2.45. The third kappa shape index (κ3) is 2.43. The maximum Gasteiger partial charge on any atom is 0.0449 e. The van der Waals surface area contributed by atoms with Crippen LogP contribution in [-0.4, -0.2) is 6.54 Å². The summed E-state index contributed by atoms with van der Waals surface area (Å²) in [5.41, 5.74) is 12.4. The summed E-state index contributed by atoms with van der Waals surface area (Å²) >= 11 is 0. The first kappa shape index (κ1) is 12.1. The SMILES string of the molecule is Cc1ccc2c(c1)CCCN2Cc1ccccc1N. The molecule has 0 saturated heterocycles. The average Bonchev–Trinajstić information content (AvgIpc) is 2.41. The fourth-order valence-electron chi connectivity index (χ4n) is 2.85. The van der Waals surface area contributed by atoms with Crippen LogP contribution in [0.5, 0.6) is 0 Å². The van der Waals surface area contributed by atoms with Crippen molar-refractivity contribution in [2.45, 2.75) is 26.3 Å². The van der Waals surface area contributed by atoms with Crippen molar-refractivity contribution < 1.29 is 0 Å². The zero-order valence-corrected chi connectivity index (χ0v) is 11.4. The van der Waals surface area contributed by atoms with E-state index in [0.29, 0.717) is 0 Å². The van der Waals surface area contributed by atoms with E-state index in [0.717, 1.165) is 18.8 Å². The van der Waals surface area contributed by atoms with E-state index < -0.39 is 0 Å². The second-order valence-electron chi connectivity index (χ2n) is 5.36. The van der Waals surface area contributed by atoms with Crippen molar-refractivity contribution in [3.8, 4) is 0 Å². The van der Waals surface area contributed by atoms with Gasteiger partial charge in [-0.15, -0.1) is 0 Å². The van der Waals surface area contributed by atoms with Crippen molar-refractivity contribution in [2.24, 2.45) is 0 Å². The van der Waals surface area contributed by atoms with Crippen molar-refractivity contribution >= 4 is 11.4 Å². The van der Waals surface area contributed by atoms with E-state index in [4.69, 9.17) is 5.73 Å². The highest BCUT2D eigenvalue weighted by atomic mass is 15.1. The van der Waals surface area contributed by atoms with Gasteiger partial charge in [0, 0.05) is 24.5 Å². The number of para-hydroxylation sites is 1. The minimum absolute atomic E-state index is 0.890. The largest absolute Gasteiger partial charge is 0.398 e. The van der Waals surface area contributed by atoms with Gasteiger partial charge in [-0.3, -0.25) is 0 Å². The van der Waals surface area contributed by atoms with Crippen LogP contribution in [0.1, 0.15) is 23.1 Å². The highest BCUT2D eigenvalue weighted by molar-refractivity contribution is 5.58. The Morgan fingerprint density at radius 1 is 1.16 bits per heavy atom. The molecule has 0 fully saturated rings. The van der Waals surface area contributed by atoms with Crippen LogP contribution in [0.3, 0.4) is 0 Å². The van der Waals surface area contributed by atoms with Crippen molar-refractivity contribution in [3.63, 3.8) is 0 Å². The van der Waals surface area contributed by atoms with Crippen LogP contribution in [0.4, 0.5) is 11.4 Å². The molecular weight excluding hydrogens is 232 g/mol. The Hall–Kier alpha value is -1.96. The molecule has 19 heavy (non-hydrogen) atoms. The lowest BCUT2D eigenvalue weighted by molar-refractivity contribution is 0.691. The van der Waals surface area contributed by atoms with Gasteiger partial charge in [0.25, 0.3) is 0 Å². The molecule has 0 saturated carbocycles. The number of nitrogens with two attached hydrogens (primary N) is 1. The number of nitrogen functional groups attached to an aromatic ring is 1. The molecule has 98 valence electrons. The Morgan fingerprint density at radius 2 is 2.00 bits per heavy atom. The molecule has 2 nitrogen and oxygen atoms in total. The molecule has 0 amide bonds. The van der Waals surface area contributed by atoms with Gasteiger partial charge in [0.15, 0.2) is 0 Å². The number of hydrogen-bond donors (Lipinski definition) is 1. The first-order valence-electron chi connectivity index (χ1n) is 6.92. The molecule has 2 heteroatoms. The molecule has 2 aromatic rings. The summed E-state index contributed by atoms with van der Waals surface area (Å²) < 4.78 is 0. The van der Waals surface area contributed by atoms with Crippen LogP contribution in [-0.2, 0) is 13.0 Å². The number of fused-ring (bicyclic) bond motifs is 1. The number of rotatable bonds is 2. The van der Waals surface area contributed by atoms with Gasteiger partial charge in [0.05, 0.1) is 0 Å². The van der Waals surface area contributed by atoms with Crippen LogP contribution >= 0.6 is 0 Å². The first-order valence-corrected chi connectivity index (χ1v) is 6.92. The highest BCUT2D eigenvalue weighted by Gasteiger charge is 2.17. The van der Waals surface area contributed by atoms with Crippen LogP contribution in [0.15, 0.2) is 42.5 Å². The first-order chi connectivity index (χ1) is 9.24. The molecule has 2 aromatic carbocycles. The minimum Gasteiger partial charge on any atom is -0.398 e. The second kappa shape index (κ2) is 4.96. The molecule has 3 rings (SSSR count). The van der Waals surface area contributed by atoms with Gasteiger partial charge in [0.1, 0.15) is 0 Å². The van der Waals surface area contributed by atoms with Gasteiger partial charge in [-0.2, -0.15) is 0 Å². The van der Waals surface area contributed by atoms with Gasteiger partial charge >= 0.3 is 0 Å². The van der Waals surface area contributed by atoms with Crippen molar-refractivity contribution in [1.29, 1.82) is 0 Å². The Kier molecular flexibility index (Phi) is 3.16. The van der Waals surface area contributed by atoms with E-state index in [2.05, 4.69) is 42.2 Å². The molecule has 1 heterocycles. The monoisotopic (exact) mass is 252 g/mol. The minimum atomic E-state index is 0.890. The van der Waals surface area contributed by atoms with Gasteiger partial charge < -0.3 is 10.6 Å². The molecule has 0 bridgehead atoms. The van der Waals surface area contributed by atoms with E-state index >= 15 is 0 Å². The number of anilines is 2. The smallest absolute Gasteiger partial charge is 0.0449 e. The molecule has 0 spiro atoms. The maximum absolute atomic E-state index is 6.06. The Morgan fingerprint density at radius 3 is 2.84 bits per heavy atom. The maximum atomic E-state index is 6.06. The van der Waals surface area contributed by atoms with E-state index in [9.17, 15) is 0 Å². The van der Waals surface area contributed by atoms with Crippen LogP contribution in [0.25, 0.3) is 0 Å². The Balaban J connectivity index is 1.90. The third-order valence-corrected chi connectivity index (χ3v) is 3.87. The molecule has 0 radical (unpaired) electrons. The standard InChI is InChI=1S/C17H20N2/c1-13-8-9-17-14(11-13)6-4-10-19(17)12-15-5-2-3-7-16(15)18/h2-3,5,7-9,11H,4,6,10,12,18H2,1H3. The molecular formula is C17H20N2. The summed E-state index contributed by atoms with van der Waals surface area (Å²) in [6.07, 6.45) is 2.42. The zero-order chi connectivity index (χ0) is 13.2. The van der Waals surface area contributed by atoms with Crippen LogP contribution in [0, 0.1) is 6.92 Å². The lowest BCUT2D eigenvalue weighted by atomic mass is 9.99. The van der Waals surface area contributed by atoms with Crippen LogP contribution < -0.4 is 10.6 Å². The predicted molar refractivity (Wildman–Crippen MR) is 81.4 cm³/mol. The van der Waals surface area contributed by atoms with Gasteiger partial charge in [0.2, 0.25) is 0 Å². The fourth-order valence-corrected chi connectivity index (χ4v) is 2.85. The van der Waals surface area contributed by atoms with E-state index in [1.165, 1.54) is 35.2 Å². The Bertz CT molecular complexity index is 590. The highest BCUT2D eigenvalue weighted by Crippen LogP contribution is 2.29. The van der Waals surface area contributed by atoms with Crippen molar-refractivity contribution in [1.82, 2.24) is 0 Å². The number of aryl methyl sites for hydroxylation is 2. The summed E-state index contributed by atoms with van der Waals surface area (Å²) in [7, 11) is 0. The fraction of sp³-hybridized carbons (Fsp3) is 0.294. The van der Waals surface area contributed by atoms with Crippen LogP contribution in [0.2, 0.25) is 0 Å². The Labute approximate surface area is 114 Å². The topological polar surface area (TPSA) is 29.3 Å². The zero-order valence-electron chi connectivity index (χ0n) is 11.4. The summed E-state index contributed by atoms with van der Waals surface area (Å²) in [5, 5.41) is 0. The molecule has 1 aliphatic heterocycles. The summed E-state index contributed by atoms with van der Waals surface area (Å²) in [6.45, 7) is 4.18.